The zero-order valence-electron chi connectivity index (χ0n) is 6.54. The summed E-state index contributed by atoms with van der Waals surface area (Å²) >= 11 is 0. The van der Waals surface area contributed by atoms with E-state index in [2.05, 4.69) is 23.9 Å². The van der Waals surface area contributed by atoms with Gasteiger partial charge in [0.25, 0.3) is 0 Å². The molecule has 1 aromatic carbocycles. The van der Waals surface area contributed by atoms with Gasteiger partial charge >= 0.3 is 0 Å². The second-order valence-electron chi connectivity index (χ2n) is 2.89. The van der Waals surface area contributed by atoms with Gasteiger partial charge in [-0.1, -0.05) is 0 Å². The first-order valence-electron chi connectivity index (χ1n) is 3.72. The molecule has 0 spiro atoms. The Balaban J connectivity index is 2.58. The summed E-state index contributed by atoms with van der Waals surface area (Å²) in [5, 5.41) is 0. The maximum Gasteiger partial charge on any atom is 0.208 e. The number of rotatable bonds is 0. The predicted molar refractivity (Wildman–Crippen MR) is 46.5 cm³/mol. The molecule has 0 bridgehead atoms. The normalized spacial score (nSPS) is 14.5. The van der Waals surface area contributed by atoms with Crippen LogP contribution in [0, 0.1) is 0 Å². The summed E-state index contributed by atoms with van der Waals surface area (Å²) in [7, 11) is 2.06. The van der Waals surface area contributed by atoms with Gasteiger partial charge in [0.1, 0.15) is 13.3 Å². The molecule has 2 heteroatoms. The van der Waals surface area contributed by atoms with E-state index < -0.39 is 0 Å². The van der Waals surface area contributed by atoms with Crippen LogP contribution in [0.4, 0.5) is 11.4 Å². The van der Waals surface area contributed by atoms with E-state index in [0.717, 1.165) is 12.1 Å². The van der Waals surface area contributed by atoms with Crippen molar-refractivity contribution in [2.45, 2.75) is 6.42 Å². The van der Waals surface area contributed by atoms with Crippen LogP contribution in [-0.4, -0.2) is 17.8 Å². The van der Waals surface area contributed by atoms with Crippen LogP contribution < -0.4 is 5.73 Å². The number of fused-ring (bicyclic) bond motifs is 1. The summed E-state index contributed by atoms with van der Waals surface area (Å²) in [6.07, 6.45) is 3.17. The minimum Gasteiger partial charge on any atom is -0.399 e. The van der Waals surface area contributed by atoms with Gasteiger partial charge in [0.2, 0.25) is 5.69 Å². The lowest BCUT2D eigenvalue weighted by Gasteiger charge is -1.95. The lowest BCUT2D eigenvalue weighted by Crippen LogP contribution is -1.92. The van der Waals surface area contributed by atoms with Crippen LogP contribution >= 0.6 is 0 Å². The molecular formula is C9H11N2+. The van der Waals surface area contributed by atoms with Crippen molar-refractivity contribution in [3.05, 3.63) is 23.8 Å². The van der Waals surface area contributed by atoms with Crippen molar-refractivity contribution in [2.24, 2.45) is 0 Å². The monoisotopic (exact) mass is 147 g/mol. The molecule has 1 aliphatic heterocycles. The number of nitrogens with zero attached hydrogens (tertiary/aromatic N) is 1. The van der Waals surface area contributed by atoms with Crippen molar-refractivity contribution >= 4 is 17.6 Å². The molecular weight excluding hydrogens is 136 g/mol. The molecule has 1 heterocycles. The fraction of sp³-hybridized carbons (Fsp3) is 0.222. The Bertz CT molecular complexity index is 326. The van der Waals surface area contributed by atoms with Crippen LogP contribution in [0.3, 0.4) is 0 Å². The van der Waals surface area contributed by atoms with Gasteiger partial charge in [-0.25, -0.2) is 4.58 Å². The quantitative estimate of drug-likeness (QED) is 0.433. The highest BCUT2D eigenvalue weighted by molar-refractivity contribution is 5.69. The van der Waals surface area contributed by atoms with Gasteiger partial charge in [-0.05, 0) is 12.1 Å². The fourth-order valence-electron chi connectivity index (χ4n) is 1.45. The highest BCUT2D eigenvalue weighted by Gasteiger charge is 2.16. The molecule has 2 N–H and O–H groups in total. The van der Waals surface area contributed by atoms with E-state index in [-0.39, 0.29) is 0 Å². The van der Waals surface area contributed by atoms with E-state index in [4.69, 9.17) is 5.73 Å². The van der Waals surface area contributed by atoms with Crippen molar-refractivity contribution in [1.82, 2.24) is 0 Å². The van der Waals surface area contributed by atoms with Crippen LogP contribution in [0.1, 0.15) is 5.56 Å². The molecule has 56 valence electrons. The fourth-order valence-corrected chi connectivity index (χ4v) is 1.45. The third kappa shape index (κ3) is 0.909. The van der Waals surface area contributed by atoms with E-state index in [1.807, 2.05) is 12.1 Å². The summed E-state index contributed by atoms with van der Waals surface area (Å²) in [5.74, 6) is 0. The smallest absolute Gasteiger partial charge is 0.208 e. The second kappa shape index (κ2) is 2.09. The van der Waals surface area contributed by atoms with Crippen LogP contribution in [-0.2, 0) is 6.42 Å². The van der Waals surface area contributed by atoms with Gasteiger partial charge in [-0.3, -0.25) is 0 Å². The molecule has 2 nitrogen and oxygen atoms in total. The lowest BCUT2D eigenvalue weighted by molar-refractivity contribution is -0.396. The SMILES string of the molecule is C[N+]1=CCc2cc(N)ccc21. The summed E-state index contributed by atoms with van der Waals surface area (Å²) in [6, 6.07) is 6.04. The molecule has 1 aromatic rings. The molecule has 0 amide bonds. The van der Waals surface area contributed by atoms with E-state index in [1.54, 1.807) is 0 Å². The molecule has 0 saturated heterocycles. The molecule has 0 atom stereocenters. The molecule has 0 fully saturated rings. The van der Waals surface area contributed by atoms with Crippen LogP contribution in [0.5, 0.6) is 0 Å². The Morgan fingerprint density at radius 2 is 2.27 bits per heavy atom. The maximum atomic E-state index is 5.64. The van der Waals surface area contributed by atoms with Gasteiger partial charge in [0.15, 0.2) is 0 Å². The Hall–Kier alpha value is -1.31. The van der Waals surface area contributed by atoms with Crippen LogP contribution in [0.2, 0.25) is 0 Å². The minimum atomic E-state index is 0.854. The highest BCUT2D eigenvalue weighted by atomic mass is 15.0. The summed E-state index contributed by atoms with van der Waals surface area (Å²) in [6.45, 7) is 0. The zero-order valence-corrected chi connectivity index (χ0v) is 6.54. The number of nitrogens with two attached hydrogens (primary N) is 1. The second-order valence-corrected chi connectivity index (χ2v) is 2.89. The van der Waals surface area contributed by atoms with Crippen molar-refractivity contribution in [3.8, 4) is 0 Å². The summed E-state index contributed by atoms with van der Waals surface area (Å²) < 4.78 is 2.13. The minimum absolute atomic E-state index is 0.854. The molecule has 0 unspecified atom stereocenters. The zero-order chi connectivity index (χ0) is 7.84. The highest BCUT2D eigenvalue weighted by Crippen LogP contribution is 2.24. The van der Waals surface area contributed by atoms with E-state index in [9.17, 15) is 0 Å². The number of hydrogen-bond acceptors (Lipinski definition) is 1. The Morgan fingerprint density at radius 3 is 3.09 bits per heavy atom. The summed E-state index contributed by atoms with van der Waals surface area (Å²) in [5.41, 5.74) is 9.10. The van der Waals surface area contributed by atoms with Gasteiger partial charge in [0.05, 0.1) is 6.42 Å². The third-order valence-corrected chi connectivity index (χ3v) is 2.07. The maximum absolute atomic E-state index is 5.64. The lowest BCUT2D eigenvalue weighted by atomic mass is 10.1. The number of benzene rings is 1. The van der Waals surface area contributed by atoms with E-state index in [1.165, 1.54) is 11.3 Å². The molecule has 0 aromatic heterocycles. The molecule has 0 radical (unpaired) electrons. The van der Waals surface area contributed by atoms with Crippen molar-refractivity contribution in [1.29, 1.82) is 0 Å². The first kappa shape index (κ1) is 6.40. The van der Waals surface area contributed by atoms with Gasteiger partial charge in [-0.2, -0.15) is 0 Å². The van der Waals surface area contributed by atoms with Gasteiger partial charge in [-0.15, -0.1) is 0 Å². The van der Waals surface area contributed by atoms with E-state index >= 15 is 0 Å². The Kier molecular flexibility index (Phi) is 1.22. The Labute approximate surface area is 66.0 Å². The largest absolute Gasteiger partial charge is 0.399 e. The molecule has 0 aliphatic carbocycles. The number of anilines is 1. The van der Waals surface area contributed by atoms with Crippen LogP contribution in [0.15, 0.2) is 18.2 Å². The predicted octanol–water partition coefficient (Wildman–Crippen LogP) is 1.17. The standard InChI is InChI=1S/C9H11N2/c1-11-5-4-7-6-8(10)2-3-9(7)11/h2-3,5-6H,4,10H2,1H3/q+1. The third-order valence-electron chi connectivity index (χ3n) is 2.07. The van der Waals surface area contributed by atoms with Crippen molar-refractivity contribution in [2.75, 3.05) is 12.8 Å². The topological polar surface area (TPSA) is 29.0 Å². The molecule has 0 saturated carbocycles. The first-order chi connectivity index (χ1) is 5.27. The average Bonchev–Trinajstić information content (AvgIpc) is 2.32. The summed E-state index contributed by atoms with van der Waals surface area (Å²) in [4.78, 5) is 0. The first-order valence-corrected chi connectivity index (χ1v) is 3.72. The van der Waals surface area contributed by atoms with Crippen molar-refractivity contribution in [3.63, 3.8) is 0 Å². The van der Waals surface area contributed by atoms with Gasteiger partial charge < -0.3 is 5.73 Å². The average molecular weight is 147 g/mol. The van der Waals surface area contributed by atoms with E-state index in [0.29, 0.717) is 0 Å². The van der Waals surface area contributed by atoms with Crippen molar-refractivity contribution < 1.29 is 4.58 Å². The number of nitrogen functional groups attached to an aromatic ring is 1. The van der Waals surface area contributed by atoms with Gasteiger partial charge in [0, 0.05) is 17.3 Å². The molecule has 2 rings (SSSR count). The Morgan fingerprint density at radius 1 is 1.45 bits per heavy atom. The molecule has 1 aliphatic rings. The van der Waals surface area contributed by atoms with Crippen LogP contribution in [0.25, 0.3) is 0 Å². The number of hydrogen-bond donors (Lipinski definition) is 1. The molecule has 11 heavy (non-hydrogen) atoms.